The van der Waals surface area contributed by atoms with E-state index in [1.54, 1.807) is 0 Å². The highest BCUT2D eigenvalue weighted by molar-refractivity contribution is 7.92. The van der Waals surface area contributed by atoms with Crippen molar-refractivity contribution in [3.05, 3.63) is 51.8 Å². The molecule has 1 amide bonds. The Kier molecular flexibility index (Phi) is 6.67. The molecule has 3 rings (SSSR count). The highest BCUT2D eigenvalue weighted by Crippen LogP contribution is 2.36. The zero-order valence-electron chi connectivity index (χ0n) is 15.9. The molecule has 0 spiro atoms. The molecule has 8 nitrogen and oxygen atoms in total. The van der Waals surface area contributed by atoms with Crippen molar-refractivity contribution in [2.24, 2.45) is 0 Å². The average Bonchev–Trinajstić information content (AvgIpc) is 2.66. The minimum atomic E-state index is -4.89. The van der Waals surface area contributed by atoms with Crippen LogP contribution in [-0.4, -0.2) is 57.2 Å². The maximum atomic E-state index is 13.1. The fourth-order valence-electron chi connectivity index (χ4n) is 2.85. The second kappa shape index (κ2) is 8.69. The Hall–Kier alpha value is -2.09. The number of sulfonamides is 1. The highest BCUT2D eigenvalue weighted by atomic mass is 35.5. The lowest BCUT2D eigenvalue weighted by Crippen LogP contribution is -2.44. The van der Waals surface area contributed by atoms with Crippen LogP contribution in [0.4, 0.5) is 18.9 Å². The summed E-state index contributed by atoms with van der Waals surface area (Å²) in [5.74, 6) is -1.29. The standard InChI is InChI=1S/C17H14Cl2F3N3O5S2/c18-10-7-14(15(23-9-10)16(26)25-3-5-31(27,28)6-4-25)24-32(29,30)11-1-2-13(19)12(8-11)17(20,21)22/h1-2,7-9,24H,3-6H2. The Morgan fingerprint density at radius 2 is 1.75 bits per heavy atom. The van der Waals surface area contributed by atoms with E-state index in [2.05, 4.69) is 4.98 Å². The average molecular weight is 532 g/mol. The third-order valence-corrected chi connectivity index (χ3v) is 8.00. The van der Waals surface area contributed by atoms with Crippen LogP contribution >= 0.6 is 23.2 Å². The van der Waals surface area contributed by atoms with Crippen LogP contribution in [0.15, 0.2) is 35.4 Å². The van der Waals surface area contributed by atoms with Gasteiger partial charge in [-0.1, -0.05) is 23.2 Å². The van der Waals surface area contributed by atoms with Crippen LogP contribution in [0.3, 0.4) is 0 Å². The Bertz CT molecular complexity index is 1270. The van der Waals surface area contributed by atoms with Gasteiger partial charge in [-0.05, 0) is 24.3 Å². The highest BCUT2D eigenvalue weighted by Gasteiger charge is 2.35. The topological polar surface area (TPSA) is 114 Å². The number of halogens is 5. The molecule has 2 heterocycles. The van der Waals surface area contributed by atoms with E-state index in [-0.39, 0.29) is 41.0 Å². The molecule has 0 saturated carbocycles. The molecule has 1 N–H and O–H groups in total. The maximum absolute atomic E-state index is 13.1. The molecule has 174 valence electrons. The van der Waals surface area contributed by atoms with Crippen LogP contribution in [0.25, 0.3) is 0 Å². The van der Waals surface area contributed by atoms with Gasteiger partial charge in [0.05, 0.1) is 37.7 Å². The van der Waals surface area contributed by atoms with Crippen molar-refractivity contribution in [2.75, 3.05) is 29.3 Å². The molecule has 0 bridgehead atoms. The first-order valence-corrected chi connectivity index (χ1v) is 12.8. The van der Waals surface area contributed by atoms with Crippen molar-refractivity contribution < 1.29 is 34.8 Å². The molecule has 32 heavy (non-hydrogen) atoms. The van der Waals surface area contributed by atoms with E-state index in [1.165, 1.54) is 4.90 Å². The summed E-state index contributed by atoms with van der Waals surface area (Å²) in [5.41, 5.74) is -2.11. The molecule has 0 unspecified atom stereocenters. The summed E-state index contributed by atoms with van der Waals surface area (Å²) in [6.07, 6.45) is -3.81. The number of aromatic nitrogens is 1. The Morgan fingerprint density at radius 3 is 2.34 bits per heavy atom. The number of alkyl halides is 3. The van der Waals surface area contributed by atoms with Crippen molar-refractivity contribution in [2.45, 2.75) is 11.1 Å². The molecule has 1 aliphatic rings. The third kappa shape index (κ3) is 5.45. The van der Waals surface area contributed by atoms with Crippen molar-refractivity contribution in [3.8, 4) is 0 Å². The van der Waals surface area contributed by atoms with Crippen molar-refractivity contribution in [1.29, 1.82) is 0 Å². The predicted molar refractivity (Wildman–Crippen MR) is 111 cm³/mol. The SMILES string of the molecule is O=C(c1ncc(Cl)cc1NS(=O)(=O)c1ccc(Cl)c(C(F)(F)F)c1)N1CCS(=O)(=O)CC1. The molecule has 2 aromatic rings. The van der Waals surface area contributed by atoms with E-state index >= 15 is 0 Å². The summed E-state index contributed by atoms with van der Waals surface area (Å²) in [6, 6.07) is 3.09. The number of anilines is 1. The minimum Gasteiger partial charge on any atom is -0.335 e. The molecule has 1 aliphatic heterocycles. The molecule has 1 aromatic heterocycles. The number of carbonyl (C=O) groups excluding carboxylic acids is 1. The molecule has 1 aromatic carbocycles. The second-order valence-corrected chi connectivity index (χ2v) is 11.6. The van der Waals surface area contributed by atoms with E-state index < -0.39 is 47.4 Å². The lowest BCUT2D eigenvalue weighted by atomic mass is 10.2. The number of amides is 1. The summed E-state index contributed by atoms with van der Waals surface area (Å²) in [7, 11) is -7.89. The van der Waals surface area contributed by atoms with Crippen molar-refractivity contribution in [1.82, 2.24) is 9.88 Å². The lowest BCUT2D eigenvalue weighted by Gasteiger charge is -2.27. The van der Waals surface area contributed by atoms with E-state index in [1.807, 2.05) is 4.72 Å². The number of carbonyl (C=O) groups is 1. The Labute approximate surface area is 191 Å². The zero-order chi connectivity index (χ0) is 23.9. The number of nitrogens with one attached hydrogen (secondary N) is 1. The molecular formula is C17H14Cl2F3N3O5S2. The van der Waals surface area contributed by atoms with E-state index in [4.69, 9.17) is 23.2 Å². The molecule has 1 saturated heterocycles. The summed E-state index contributed by atoms with van der Waals surface area (Å²) in [4.78, 5) is 17.1. The van der Waals surface area contributed by atoms with Crippen LogP contribution in [0.1, 0.15) is 16.1 Å². The summed E-state index contributed by atoms with van der Waals surface area (Å²) in [6.45, 7) is -0.242. The molecule has 0 atom stereocenters. The van der Waals surface area contributed by atoms with Gasteiger partial charge in [-0.3, -0.25) is 9.52 Å². The summed E-state index contributed by atoms with van der Waals surface area (Å²) in [5, 5.41) is -0.732. The fraction of sp³-hybridized carbons (Fsp3) is 0.294. The van der Waals surface area contributed by atoms with Gasteiger partial charge in [-0.15, -0.1) is 0 Å². The number of sulfone groups is 1. The number of hydrogen-bond donors (Lipinski definition) is 1. The fourth-order valence-corrected chi connectivity index (χ4v) is 5.51. The zero-order valence-corrected chi connectivity index (χ0v) is 19.0. The van der Waals surface area contributed by atoms with Crippen molar-refractivity contribution >= 4 is 54.7 Å². The van der Waals surface area contributed by atoms with Crippen LogP contribution in [0.2, 0.25) is 10.0 Å². The van der Waals surface area contributed by atoms with E-state index in [9.17, 15) is 34.8 Å². The van der Waals surface area contributed by atoms with Crippen LogP contribution in [0, 0.1) is 0 Å². The van der Waals surface area contributed by atoms with Gasteiger partial charge in [0.1, 0.15) is 0 Å². The van der Waals surface area contributed by atoms with Crippen LogP contribution in [0.5, 0.6) is 0 Å². The second-order valence-electron chi connectivity index (χ2n) is 6.74. The number of nitrogens with zero attached hydrogens (tertiary/aromatic N) is 2. The van der Waals surface area contributed by atoms with Gasteiger partial charge in [0.2, 0.25) is 0 Å². The minimum absolute atomic E-state index is 0.0486. The number of pyridine rings is 1. The van der Waals surface area contributed by atoms with Gasteiger partial charge < -0.3 is 4.90 Å². The normalized spacial score (nSPS) is 16.6. The van der Waals surface area contributed by atoms with E-state index in [0.717, 1.165) is 24.4 Å². The first kappa shape index (κ1) is 24.6. The van der Waals surface area contributed by atoms with Gasteiger partial charge in [0, 0.05) is 19.3 Å². The monoisotopic (exact) mass is 531 g/mol. The maximum Gasteiger partial charge on any atom is 0.417 e. The Morgan fingerprint density at radius 1 is 1.12 bits per heavy atom. The van der Waals surface area contributed by atoms with Gasteiger partial charge in [-0.2, -0.15) is 13.2 Å². The van der Waals surface area contributed by atoms with Gasteiger partial charge in [-0.25, -0.2) is 21.8 Å². The lowest BCUT2D eigenvalue weighted by molar-refractivity contribution is -0.137. The number of hydrogen-bond acceptors (Lipinski definition) is 6. The predicted octanol–water partition coefficient (Wildman–Crippen LogP) is 3.08. The largest absolute Gasteiger partial charge is 0.417 e. The van der Waals surface area contributed by atoms with Gasteiger partial charge in [0.15, 0.2) is 15.5 Å². The molecular weight excluding hydrogens is 518 g/mol. The summed E-state index contributed by atoms with van der Waals surface area (Å²) >= 11 is 11.4. The smallest absolute Gasteiger partial charge is 0.335 e. The quantitative estimate of drug-likeness (QED) is 0.648. The van der Waals surface area contributed by atoms with Gasteiger partial charge >= 0.3 is 6.18 Å². The Balaban J connectivity index is 1.96. The van der Waals surface area contributed by atoms with Crippen LogP contribution < -0.4 is 4.72 Å². The summed E-state index contributed by atoms with van der Waals surface area (Å²) < 4.78 is 90.0. The third-order valence-electron chi connectivity index (χ3n) is 4.49. The molecule has 0 aliphatic carbocycles. The van der Waals surface area contributed by atoms with Crippen LogP contribution in [-0.2, 0) is 26.0 Å². The van der Waals surface area contributed by atoms with Gasteiger partial charge in [0.25, 0.3) is 15.9 Å². The molecule has 1 fully saturated rings. The molecule has 0 radical (unpaired) electrons. The van der Waals surface area contributed by atoms with E-state index in [0.29, 0.717) is 6.07 Å². The number of rotatable bonds is 4. The number of benzene rings is 1. The van der Waals surface area contributed by atoms with Crippen molar-refractivity contribution in [3.63, 3.8) is 0 Å². The molecule has 15 heteroatoms. The first-order chi connectivity index (χ1) is 14.7. The first-order valence-electron chi connectivity index (χ1n) is 8.74.